The smallest absolute Gasteiger partial charge is 0.323 e. The quantitative estimate of drug-likeness (QED) is 0.0629. The van der Waals surface area contributed by atoms with Gasteiger partial charge in [0.05, 0.1) is 12.6 Å². The SMILES string of the molecule is C=C1CCC(n2c(=C)c3ccc(CCCOCCCCCOCC(=C)Nc4ccc(NC(=O)Nc5ccc6cc[nH]c6c5)cc4)cc3c2=C)C(=C)N1. The minimum Gasteiger partial charge on any atom is -0.381 e. The van der Waals surface area contributed by atoms with E-state index < -0.39 is 0 Å². The summed E-state index contributed by atoms with van der Waals surface area (Å²) in [5.41, 5.74) is 7.28. The van der Waals surface area contributed by atoms with Gasteiger partial charge in [0.1, 0.15) is 0 Å². The summed E-state index contributed by atoms with van der Waals surface area (Å²) in [7, 11) is 0. The maximum Gasteiger partial charge on any atom is 0.323 e. The summed E-state index contributed by atoms with van der Waals surface area (Å²) >= 11 is 0. The maximum absolute atomic E-state index is 12.4. The van der Waals surface area contributed by atoms with Crippen molar-refractivity contribution in [2.75, 3.05) is 42.4 Å². The summed E-state index contributed by atoms with van der Waals surface area (Å²) in [6.07, 6.45) is 8.70. The van der Waals surface area contributed by atoms with Crippen LogP contribution in [0.5, 0.6) is 0 Å². The summed E-state index contributed by atoms with van der Waals surface area (Å²) < 4.78 is 14.0. The van der Waals surface area contributed by atoms with E-state index in [9.17, 15) is 4.79 Å². The molecule has 52 heavy (non-hydrogen) atoms. The van der Waals surface area contributed by atoms with Gasteiger partial charge >= 0.3 is 6.03 Å². The highest BCUT2D eigenvalue weighted by Crippen LogP contribution is 2.27. The topological polar surface area (TPSA) is 104 Å². The number of urea groups is 1. The van der Waals surface area contributed by atoms with Crippen LogP contribution in [0.15, 0.2) is 110 Å². The van der Waals surface area contributed by atoms with Crippen molar-refractivity contribution in [3.8, 4) is 0 Å². The molecule has 3 aromatic carbocycles. The molecule has 270 valence electrons. The molecule has 0 spiro atoms. The number of piperidine rings is 1. The van der Waals surface area contributed by atoms with E-state index >= 15 is 0 Å². The number of aromatic amines is 1. The van der Waals surface area contributed by atoms with Gasteiger partial charge in [0, 0.05) is 87.2 Å². The Bertz CT molecular complexity index is 2160. The molecular formula is C43H50N6O3. The second kappa shape index (κ2) is 17.1. The lowest BCUT2D eigenvalue weighted by molar-refractivity contribution is 0.120. The van der Waals surface area contributed by atoms with Crippen LogP contribution in [0, 0.1) is 0 Å². The molecule has 6 rings (SSSR count). The van der Waals surface area contributed by atoms with Gasteiger partial charge in [0.15, 0.2) is 0 Å². The molecule has 1 fully saturated rings. The Morgan fingerprint density at radius 2 is 1.46 bits per heavy atom. The molecule has 1 saturated heterocycles. The third-order valence-corrected chi connectivity index (χ3v) is 9.44. The molecule has 3 heterocycles. The number of allylic oxidation sites excluding steroid dienone is 2. The average molecular weight is 699 g/mol. The van der Waals surface area contributed by atoms with Crippen molar-refractivity contribution in [2.45, 2.75) is 51.0 Å². The van der Waals surface area contributed by atoms with Crippen molar-refractivity contribution in [3.63, 3.8) is 0 Å². The number of aryl methyl sites for hydroxylation is 1. The minimum atomic E-state index is -0.304. The van der Waals surface area contributed by atoms with E-state index in [1.54, 1.807) is 0 Å². The summed E-state index contributed by atoms with van der Waals surface area (Å²) in [4.78, 5) is 15.6. The van der Waals surface area contributed by atoms with Gasteiger partial charge < -0.3 is 40.3 Å². The Labute approximate surface area is 305 Å². The van der Waals surface area contributed by atoms with Crippen LogP contribution in [-0.2, 0) is 15.9 Å². The largest absolute Gasteiger partial charge is 0.381 e. The molecule has 0 bridgehead atoms. The molecule has 2 amide bonds. The van der Waals surface area contributed by atoms with Crippen LogP contribution in [0.3, 0.4) is 0 Å². The third kappa shape index (κ3) is 9.23. The number of unbranched alkanes of at least 4 members (excludes halogenated alkanes) is 2. The predicted octanol–water partition coefficient (Wildman–Crippen LogP) is 8.30. The van der Waals surface area contributed by atoms with Gasteiger partial charge in [-0.2, -0.15) is 0 Å². The number of rotatable bonds is 17. The van der Waals surface area contributed by atoms with Gasteiger partial charge in [-0.15, -0.1) is 0 Å². The molecule has 9 nitrogen and oxygen atoms in total. The number of hydrogen-bond donors (Lipinski definition) is 5. The molecule has 1 aliphatic heterocycles. The Morgan fingerprint density at radius 1 is 0.769 bits per heavy atom. The zero-order valence-corrected chi connectivity index (χ0v) is 30.0. The summed E-state index contributed by atoms with van der Waals surface area (Å²) in [6, 6.07) is 21.7. The highest BCUT2D eigenvalue weighted by atomic mass is 16.5. The molecular weight excluding hydrogens is 649 g/mol. The number of H-pyrrole nitrogens is 1. The molecule has 9 heteroatoms. The van der Waals surface area contributed by atoms with E-state index in [1.807, 2.05) is 54.7 Å². The first-order valence-electron chi connectivity index (χ1n) is 18.0. The lowest BCUT2D eigenvalue weighted by Crippen LogP contribution is -2.36. The standard InChI is InChI=1S/C43H50N6O3/c1-29-11-20-42(31(3)45-29)49-32(4)39-19-12-34(26-40(39)33(49)5)10-9-25-51-23-7-6-8-24-52-28-30(2)46-36-15-17-37(18-16-36)47-43(50)48-38-14-13-35-21-22-44-41(35)27-38/h12-19,21-22,26-27,42,44-46H,1-11,20,23-25,28H2,(H2,47,48,50). The molecule has 0 saturated carbocycles. The van der Waals surface area contributed by atoms with E-state index in [0.717, 1.165) is 113 Å². The average Bonchev–Trinajstić information content (AvgIpc) is 3.69. The Kier molecular flexibility index (Phi) is 12.0. The van der Waals surface area contributed by atoms with Gasteiger partial charge in [0.25, 0.3) is 0 Å². The number of hydrogen-bond acceptors (Lipinski definition) is 5. The molecule has 0 aliphatic carbocycles. The zero-order valence-electron chi connectivity index (χ0n) is 30.0. The predicted molar refractivity (Wildman–Crippen MR) is 216 cm³/mol. The summed E-state index contributed by atoms with van der Waals surface area (Å²) in [6.45, 7) is 23.8. The second-order valence-corrected chi connectivity index (χ2v) is 13.4. The number of fused-ring (bicyclic) bond motifs is 2. The molecule has 1 atom stereocenters. The van der Waals surface area contributed by atoms with Gasteiger partial charge in [-0.25, -0.2) is 4.79 Å². The Balaban J connectivity index is 0.804. The fourth-order valence-electron chi connectivity index (χ4n) is 6.74. The van der Waals surface area contributed by atoms with Gasteiger partial charge in [-0.05, 0) is 104 Å². The van der Waals surface area contributed by atoms with Crippen LogP contribution in [-0.4, -0.2) is 42.0 Å². The maximum atomic E-state index is 12.4. The number of ether oxygens (including phenoxy) is 2. The number of carbonyl (C=O) groups excluding carboxylic acids is 1. The number of anilines is 3. The molecule has 2 aromatic heterocycles. The van der Waals surface area contributed by atoms with Crippen molar-refractivity contribution in [1.82, 2.24) is 14.9 Å². The fourth-order valence-corrected chi connectivity index (χ4v) is 6.74. The lowest BCUT2D eigenvalue weighted by atomic mass is 10.0. The van der Waals surface area contributed by atoms with Crippen molar-refractivity contribution < 1.29 is 14.3 Å². The normalized spacial score (nSPS) is 14.4. The van der Waals surface area contributed by atoms with Gasteiger partial charge in [-0.1, -0.05) is 51.1 Å². The highest BCUT2D eigenvalue weighted by molar-refractivity contribution is 6.01. The summed E-state index contributed by atoms with van der Waals surface area (Å²) in [5.74, 6) is 0. The van der Waals surface area contributed by atoms with Crippen molar-refractivity contribution in [1.29, 1.82) is 0 Å². The van der Waals surface area contributed by atoms with Crippen molar-refractivity contribution in [2.24, 2.45) is 0 Å². The number of nitrogens with one attached hydrogen (secondary N) is 5. The van der Waals surface area contributed by atoms with Crippen LogP contribution in [0.4, 0.5) is 21.9 Å². The number of carbonyl (C=O) groups is 1. The van der Waals surface area contributed by atoms with Crippen molar-refractivity contribution >= 4 is 57.9 Å². The Morgan fingerprint density at radius 3 is 2.25 bits per heavy atom. The Hall–Kier alpha value is -5.51. The van der Waals surface area contributed by atoms with E-state index in [-0.39, 0.29) is 12.1 Å². The number of aromatic nitrogens is 2. The number of benzene rings is 3. The van der Waals surface area contributed by atoms with E-state index in [1.165, 1.54) is 5.56 Å². The summed E-state index contributed by atoms with van der Waals surface area (Å²) in [5, 5.41) is 17.7. The fraction of sp³-hybridized carbons (Fsp3) is 0.279. The third-order valence-electron chi connectivity index (χ3n) is 9.44. The lowest BCUT2D eigenvalue weighted by Gasteiger charge is -2.29. The van der Waals surface area contributed by atoms with E-state index in [0.29, 0.717) is 24.6 Å². The zero-order chi connectivity index (χ0) is 36.5. The minimum absolute atomic E-state index is 0.137. The van der Waals surface area contributed by atoms with Crippen LogP contribution >= 0.6 is 0 Å². The first-order valence-corrected chi connectivity index (χ1v) is 18.0. The number of nitrogens with zero attached hydrogens (tertiary/aromatic N) is 1. The first-order chi connectivity index (χ1) is 25.2. The van der Waals surface area contributed by atoms with Gasteiger partial charge in [-0.3, -0.25) is 0 Å². The van der Waals surface area contributed by atoms with Crippen LogP contribution < -0.4 is 32.0 Å². The van der Waals surface area contributed by atoms with E-state index in [4.69, 9.17) is 9.47 Å². The van der Waals surface area contributed by atoms with Crippen LogP contribution in [0.25, 0.3) is 34.8 Å². The molecule has 0 radical (unpaired) electrons. The highest BCUT2D eigenvalue weighted by Gasteiger charge is 2.22. The molecule has 1 unspecified atom stereocenters. The monoisotopic (exact) mass is 698 g/mol. The second-order valence-electron chi connectivity index (χ2n) is 13.4. The van der Waals surface area contributed by atoms with Crippen LogP contribution in [0.2, 0.25) is 0 Å². The van der Waals surface area contributed by atoms with Crippen LogP contribution in [0.1, 0.15) is 50.1 Å². The first kappa shape index (κ1) is 36.3. The van der Waals surface area contributed by atoms with E-state index in [2.05, 4.69) is 81.9 Å². The number of amides is 2. The van der Waals surface area contributed by atoms with Crippen molar-refractivity contribution in [3.05, 3.63) is 126 Å². The molecule has 5 N–H and O–H groups in total. The molecule has 5 aromatic rings. The molecule has 1 aliphatic rings. The van der Waals surface area contributed by atoms with Gasteiger partial charge in [0.2, 0.25) is 0 Å².